The van der Waals surface area contributed by atoms with E-state index in [1.54, 1.807) is 0 Å². The fraction of sp³-hybridized carbons (Fsp3) is 0.250. The van der Waals surface area contributed by atoms with Gasteiger partial charge in [0.2, 0.25) is 0 Å². The second kappa shape index (κ2) is 13.8. The van der Waals surface area contributed by atoms with Crippen molar-refractivity contribution in [3.8, 4) is 5.75 Å². The Morgan fingerprint density at radius 1 is 0.909 bits per heavy atom. The average molecular weight is 334 g/mol. The number of benzene rings is 1. The van der Waals surface area contributed by atoms with Crippen molar-refractivity contribution in [2.45, 2.75) is 12.8 Å². The van der Waals surface area contributed by atoms with E-state index in [0.717, 1.165) is 12.1 Å². The van der Waals surface area contributed by atoms with Crippen LogP contribution >= 0.6 is 0 Å². The van der Waals surface area contributed by atoms with E-state index >= 15 is 0 Å². The normalized spacial score (nSPS) is 8.55. The Morgan fingerprint density at radius 2 is 1.45 bits per heavy atom. The molecule has 0 spiro atoms. The number of aliphatic carboxylic acids is 1. The third-order valence-corrected chi connectivity index (χ3v) is 2.22. The molecule has 0 bridgehead atoms. The summed E-state index contributed by atoms with van der Waals surface area (Å²) in [5.41, 5.74) is -1.07. The summed E-state index contributed by atoms with van der Waals surface area (Å²) < 4.78 is 5.09. The number of aromatic carboxylic acids is 2. The zero-order valence-electron chi connectivity index (χ0n) is 12.7. The first-order chi connectivity index (χ1) is 8.91. The van der Waals surface area contributed by atoms with Crippen LogP contribution in [0.5, 0.6) is 5.75 Å². The van der Waals surface area contributed by atoms with Gasteiger partial charge >= 0.3 is 88.7 Å². The van der Waals surface area contributed by atoms with E-state index in [0.29, 0.717) is 0 Å². The minimum atomic E-state index is -1.67. The van der Waals surface area contributed by atoms with Crippen molar-refractivity contribution in [1.82, 2.24) is 0 Å². The van der Waals surface area contributed by atoms with Gasteiger partial charge in [0.1, 0.15) is 5.75 Å². The molecule has 0 unspecified atom stereocenters. The minimum absolute atomic E-state index is 0. The first kappa shape index (κ1) is 27.3. The molecule has 0 N–H and O–H groups in total. The van der Waals surface area contributed by atoms with Crippen molar-refractivity contribution in [3.63, 3.8) is 0 Å². The molecule has 1 aromatic carbocycles. The molecule has 0 atom stereocenters. The molecule has 0 radical (unpaired) electrons. The first-order valence-corrected chi connectivity index (χ1v) is 5.31. The molecule has 0 heterocycles. The molecule has 0 aromatic heterocycles. The quantitative estimate of drug-likeness (QED) is 0.357. The van der Waals surface area contributed by atoms with E-state index in [2.05, 4.69) is 0 Å². The Balaban J connectivity index is -0.00000120. The summed E-state index contributed by atoms with van der Waals surface area (Å²) in [4.78, 5) is 31.6. The van der Waals surface area contributed by atoms with Gasteiger partial charge in [0.05, 0.1) is 18.5 Å². The molecule has 102 valence electrons. The Morgan fingerprint density at radius 3 is 1.91 bits per heavy atom. The fourth-order valence-corrected chi connectivity index (χ4v) is 1.37. The molecule has 1 aromatic rings. The molecular weight excluding hydrogens is 325 g/mol. The summed E-state index contributed by atoms with van der Waals surface area (Å²) in [5.74, 6) is -4.42. The molecule has 10 heteroatoms. The van der Waals surface area contributed by atoms with Gasteiger partial charge in [0.25, 0.3) is 0 Å². The summed E-state index contributed by atoms with van der Waals surface area (Å²) in [5, 5.41) is 31.6. The number of carboxylic acids is 3. The molecule has 0 aliphatic carbocycles. The maximum Gasteiger partial charge on any atom is 1.00 e. The Kier molecular flexibility index (Phi) is 17.2. The van der Waals surface area contributed by atoms with Crippen LogP contribution in [0.1, 0.15) is 33.6 Å². The zero-order chi connectivity index (χ0) is 14.4. The fourth-order valence-electron chi connectivity index (χ4n) is 1.37. The van der Waals surface area contributed by atoms with Gasteiger partial charge in [-0.05, 0) is 31.0 Å². The molecule has 22 heavy (non-hydrogen) atoms. The van der Waals surface area contributed by atoms with Crippen molar-refractivity contribution >= 4 is 17.9 Å². The van der Waals surface area contributed by atoms with Crippen LogP contribution in [0.3, 0.4) is 0 Å². The van der Waals surface area contributed by atoms with Crippen molar-refractivity contribution < 1.29 is 123 Å². The van der Waals surface area contributed by atoms with Crippen LogP contribution in [0.4, 0.5) is 0 Å². The van der Waals surface area contributed by atoms with E-state index < -0.39 is 29.0 Å². The van der Waals surface area contributed by atoms with E-state index in [4.69, 9.17) is 4.74 Å². The van der Waals surface area contributed by atoms with Crippen LogP contribution in [0.2, 0.25) is 0 Å². The standard InChI is InChI=1S/C12H12O7.3Na/c13-10(14)2-1-5-19-7-3-4-8(11(15)16)9(6-7)12(17)18;;;/h3-4,6H,1-2,5H2,(H,13,14)(H,15,16)(H,17,18);;;/q;3*+1/p-3. The minimum Gasteiger partial charge on any atom is -0.550 e. The maximum atomic E-state index is 10.8. The largest absolute Gasteiger partial charge is 1.00 e. The van der Waals surface area contributed by atoms with E-state index in [9.17, 15) is 29.7 Å². The zero-order valence-corrected chi connectivity index (χ0v) is 18.7. The maximum absolute atomic E-state index is 10.8. The monoisotopic (exact) mass is 334 g/mol. The second-order valence-corrected chi connectivity index (χ2v) is 3.61. The average Bonchev–Trinajstić information content (AvgIpc) is 2.33. The van der Waals surface area contributed by atoms with Gasteiger partial charge in [-0.25, -0.2) is 0 Å². The number of hydrogen-bond donors (Lipinski definition) is 0. The van der Waals surface area contributed by atoms with E-state index in [1.165, 1.54) is 6.07 Å². The third kappa shape index (κ3) is 9.54. The first-order valence-electron chi connectivity index (χ1n) is 5.31. The SMILES string of the molecule is O=C([O-])CCCOc1ccc(C(=O)[O-])c(C(=O)[O-])c1.[Na+].[Na+].[Na+]. The Labute approximate surface area is 193 Å². The van der Waals surface area contributed by atoms with Crippen molar-refractivity contribution in [2.24, 2.45) is 0 Å². The smallest absolute Gasteiger partial charge is 0.550 e. The number of carbonyl (C=O) groups is 3. The summed E-state index contributed by atoms with van der Waals surface area (Å²) in [6.45, 7) is 0.0329. The molecule has 0 amide bonds. The van der Waals surface area contributed by atoms with Gasteiger partial charge in [-0.3, -0.25) is 0 Å². The van der Waals surface area contributed by atoms with Crippen LogP contribution in [0.15, 0.2) is 18.2 Å². The molecule has 0 aliphatic rings. The molecule has 7 nitrogen and oxygen atoms in total. The number of rotatable bonds is 7. The summed E-state index contributed by atoms with van der Waals surface area (Å²) in [6.07, 6.45) is -0.00427. The van der Waals surface area contributed by atoms with Crippen LogP contribution in [0, 0.1) is 0 Å². The molecule has 0 aliphatic heterocycles. The molecule has 0 fully saturated rings. The number of carboxylic acid groups (broad SMARTS) is 3. The van der Waals surface area contributed by atoms with E-state index in [1.807, 2.05) is 0 Å². The van der Waals surface area contributed by atoms with Crippen molar-refractivity contribution in [3.05, 3.63) is 29.3 Å². The van der Waals surface area contributed by atoms with Gasteiger partial charge in [-0.15, -0.1) is 0 Å². The van der Waals surface area contributed by atoms with Crippen LogP contribution in [-0.4, -0.2) is 24.5 Å². The van der Waals surface area contributed by atoms with E-state index in [-0.39, 0.29) is 114 Å². The van der Waals surface area contributed by atoms with Gasteiger partial charge in [0, 0.05) is 17.1 Å². The molecule has 0 saturated carbocycles. The number of carbonyl (C=O) groups excluding carboxylic acids is 3. The molecular formula is C12H9Na3O7. The van der Waals surface area contributed by atoms with Crippen molar-refractivity contribution in [2.75, 3.05) is 6.61 Å². The predicted octanol–water partition coefficient (Wildman–Crippen LogP) is -11.7. The predicted molar refractivity (Wildman–Crippen MR) is 54.8 cm³/mol. The van der Waals surface area contributed by atoms with Crippen LogP contribution < -0.4 is 109 Å². The van der Waals surface area contributed by atoms with Crippen LogP contribution in [-0.2, 0) is 4.79 Å². The Bertz CT molecular complexity index is 519. The van der Waals surface area contributed by atoms with Gasteiger partial charge in [-0.1, -0.05) is 0 Å². The second-order valence-electron chi connectivity index (χ2n) is 3.61. The van der Waals surface area contributed by atoms with Gasteiger partial charge < -0.3 is 34.4 Å². The summed E-state index contributed by atoms with van der Waals surface area (Å²) in [6, 6.07) is 3.25. The van der Waals surface area contributed by atoms with Gasteiger partial charge in [-0.2, -0.15) is 0 Å². The number of ether oxygens (including phenoxy) is 1. The summed E-state index contributed by atoms with van der Waals surface area (Å²) >= 11 is 0. The van der Waals surface area contributed by atoms with Gasteiger partial charge in [0.15, 0.2) is 0 Å². The third-order valence-electron chi connectivity index (χ3n) is 2.22. The molecule has 1 rings (SSSR count). The topological polar surface area (TPSA) is 130 Å². The summed E-state index contributed by atoms with van der Waals surface area (Å²) in [7, 11) is 0. The Hall–Kier alpha value is 0.430. The molecule has 0 saturated heterocycles. The van der Waals surface area contributed by atoms with Crippen molar-refractivity contribution in [1.29, 1.82) is 0 Å². The number of hydrogen-bond acceptors (Lipinski definition) is 7. The van der Waals surface area contributed by atoms with Crippen LogP contribution in [0.25, 0.3) is 0 Å².